The number of primary amides is 1. The maximum atomic E-state index is 11.7. The lowest BCUT2D eigenvalue weighted by molar-refractivity contribution is -0.120. The smallest absolute Gasteiger partial charge is 0.318 e. The molecule has 0 radical (unpaired) electrons. The Labute approximate surface area is 150 Å². The number of nitrogens with two attached hydrogens (primary N) is 1. The Morgan fingerprint density at radius 3 is 2.54 bits per heavy atom. The highest BCUT2D eigenvalue weighted by molar-refractivity contribution is 5.97. The number of rotatable bonds is 5. The van der Waals surface area contributed by atoms with Gasteiger partial charge in [0, 0.05) is 17.3 Å². The Hall–Kier alpha value is -3.61. The quantitative estimate of drug-likeness (QED) is 0.656. The Kier molecular flexibility index (Phi) is 4.98. The lowest BCUT2D eigenvalue weighted by Gasteiger charge is -2.14. The van der Waals surface area contributed by atoms with Crippen LogP contribution in [-0.4, -0.2) is 23.0 Å². The number of amides is 3. The minimum atomic E-state index is -0.879. The van der Waals surface area contributed by atoms with Crippen molar-refractivity contribution in [3.8, 4) is 11.5 Å². The van der Waals surface area contributed by atoms with Crippen molar-refractivity contribution in [3.05, 3.63) is 60.8 Å². The van der Waals surface area contributed by atoms with E-state index in [2.05, 4.69) is 10.3 Å². The fourth-order valence-electron chi connectivity index (χ4n) is 2.45. The zero-order valence-corrected chi connectivity index (χ0v) is 14.1. The summed E-state index contributed by atoms with van der Waals surface area (Å²) in [6.07, 6.45) is 1.72. The molecule has 0 aliphatic rings. The zero-order valence-electron chi connectivity index (χ0n) is 14.1. The lowest BCUT2D eigenvalue weighted by Crippen LogP contribution is -2.43. The highest BCUT2D eigenvalue weighted by Gasteiger charge is 2.14. The molecule has 1 heterocycles. The van der Waals surface area contributed by atoms with Crippen LogP contribution in [0.25, 0.3) is 10.9 Å². The van der Waals surface area contributed by atoms with Gasteiger partial charge >= 0.3 is 6.03 Å². The molecule has 1 atom stereocenters. The number of fused-ring (bicyclic) bond motifs is 1. The normalized spacial score (nSPS) is 11.6. The molecule has 1 aromatic heterocycles. The molecule has 0 spiro atoms. The number of aromatic nitrogens is 1. The topological polar surface area (TPSA) is 106 Å². The molecule has 0 unspecified atom stereocenters. The van der Waals surface area contributed by atoms with Crippen molar-refractivity contribution in [1.82, 2.24) is 10.3 Å². The third kappa shape index (κ3) is 4.07. The number of urea groups is 1. The summed E-state index contributed by atoms with van der Waals surface area (Å²) in [6, 6.07) is 15.2. The second-order valence-corrected chi connectivity index (χ2v) is 5.68. The van der Waals surface area contributed by atoms with E-state index in [-0.39, 0.29) is 0 Å². The molecule has 26 heavy (non-hydrogen) atoms. The second-order valence-electron chi connectivity index (χ2n) is 5.68. The van der Waals surface area contributed by atoms with Crippen molar-refractivity contribution >= 4 is 28.5 Å². The van der Waals surface area contributed by atoms with Crippen LogP contribution < -0.4 is 21.1 Å². The molecule has 0 bridgehead atoms. The molecule has 3 amide bonds. The van der Waals surface area contributed by atoms with Crippen molar-refractivity contribution in [2.24, 2.45) is 5.73 Å². The molecule has 7 heteroatoms. The van der Waals surface area contributed by atoms with Gasteiger partial charge in [0.25, 0.3) is 0 Å². The second kappa shape index (κ2) is 7.52. The van der Waals surface area contributed by atoms with E-state index in [4.69, 9.17) is 10.5 Å². The van der Waals surface area contributed by atoms with Gasteiger partial charge in [0.2, 0.25) is 5.91 Å². The predicted molar refractivity (Wildman–Crippen MR) is 99.1 cm³/mol. The Morgan fingerprint density at radius 1 is 1.08 bits per heavy atom. The number of benzene rings is 2. The van der Waals surface area contributed by atoms with Crippen LogP contribution in [0.4, 0.5) is 10.5 Å². The van der Waals surface area contributed by atoms with E-state index in [1.165, 1.54) is 0 Å². The summed E-state index contributed by atoms with van der Waals surface area (Å²) in [5, 5.41) is 6.01. The molecule has 0 fully saturated rings. The molecule has 3 rings (SSSR count). The Balaban J connectivity index is 1.70. The van der Waals surface area contributed by atoms with E-state index in [1.807, 2.05) is 35.6 Å². The van der Waals surface area contributed by atoms with Gasteiger partial charge in [-0.15, -0.1) is 0 Å². The van der Waals surface area contributed by atoms with Gasteiger partial charge in [0.05, 0.1) is 0 Å². The first-order valence-electron chi connectivity index (χ1n) is 8.01. The van der Waals surface area contributed by atoms with Crippen LogP contribution in [0, 0.1) is 0 Å². The van der Waals surface area contributed by atoms with E-state index < -0.39 is 18.0 Å². The van der Waals surface area contributed by atoms with Crippen molar-refractivity contribution in [1.29, 1.82) is 0 Å². The first-order valence-corrected chi connectivity index (χ1v) is 8.01. The first-order chi connectivity index (χ1) is 12.5. The highest BCUT2D eigenvalue weighted by Crippen LogP contribution is 2.28. The number of nitrogens with one attached hydrogen (secondary N) is 2. The molecular formula is C19H18N4O3. The molecule has 0 aliphatic carbocycles. The number of hydrogen-bond donors (Lipinski definition) is 3. The zero-order chi connectivity index (χ0) is 18.5. The summed E-state index contributed by atoms with van der Waals surface area (Å²) in [4.78, 5) is 26.8. The van der Waals surface area contributed by atoms with Crippen LogP contribution in [-0.2, 0) is 4.79 Å². The van der Waals surface area contributed by atoms with E-state index >= 15 is 0 Å². The van der Waals surface area contributed by atoms with Gasteiger partial charge in [-0.05, 0) is 43.3 Å². The van der Waals surface area contributed by atoms with E-state index in [0.717, 1.165) is 10.9 Å². The number of imide groups is 1. The van der Waals surface area contributed by atoms with Crippen molar-refractivity contribution < 1.29 is 14.3 Å². The number of carbonyl (C=O) groups is 2. The number of para-hydroxylation sites is 1. The Morgan fingerprint density at radius 2 is 1.81 bits per heavy atom. The van der Waals surface area contributed by atoms with E-state index in [1.54, 1.807) is 37.4 Å². The molecule has 132 valence electrons. The van der Waals surface area contributed by atoms with Gasteiger partial charge < -0.3 is 15.8 Å². The molecule has 0 saturated heterocycles. The SMILES string of the molecule is C[C@@H](Nc1ccc(Oc2cccc3cccnc23)cc1)C(=O)NC(N)=O. The number of nitrogens with zero attached hydrogens (tertiary/aromatic N) is 1. The molecule has 3 aromatic rings. The highest BCUT2D eigenvalue weighted by atomic mass is 16.5. The maximum absolute atomic E-state index is 11.7. The van der Waals surface area contributed by atoms with Crippen LogP contribution >= 0.6 is 0 Å². The van der Waals surface area contributed by atoms with Crippen LogP contribution in [0.1, 0.15) is 6.92 Å². The first kappa shape index (κ1) is 17.2. The summed E-state index contributed by atoms with van der Waals surface area (Å²) in [6.45, 7) is 1.63. The molecule has 7 nitrogen and oxygen atoms in total. The molecule has 4 N–H and O–H groups in total. The van der Waals surface area contributed by atoms with Gasteiger partial charge in [0.15, 0.2) is 5.75 Å². The molecule has 0 saturated carbocycles. The van der Waals surface area contributed by atoms with Crippen LogP contribution in [0.15, 0.2) is 60.8 Å². The lowest BCUT2D eigenvalue weighted by atomic mass is 10.2. The van der Waals surface area contributed by atoms with Gasteiger partial charge in [-0.2, -0.15) is 0 Å². The maximum Gasteiger partial charge on any atom is 0.318 e. The van der Waals surface area contributed by atoms with Gasteiger partial charge in [-0.3, -0.25) is 15.1 Å². The van der Waals surface area contributed by atoms with Gasteiger partial charge in [-0.25, -0.2) is 4.79 Å². The number of pyridine rings is 1. The minimum absolute atomic E-state index is 0.500. The summed E-state index contributed by atoms with van der Waals surface area (Å²) in [5.41, 5.74) is 6.43. The van der Waals surface area contributed by atoms with Crippen molar-refractivity contribution in [3.63, 3.8) is 0 Å². The van der Waals surface area contributed by atoms with Crippen LogP contribution in [0.5, 0.6) is 11.5 Å². The van der Waals surface area contributed by atoms with Crippen molar-refractivity contribution in [2.45, 2.75) is 13.0 Å². The van der Waals surface area contributed by atoms with Crippen LogP contribution in [0.3, 0.4) is 0 Å². The minimum Gasteiger partial charge on any atom is -0.455 e. The third-order valence-corrected chi connectivity index (χ3v) is 3.70. The van der Waals surface area contributed by atoms with Crippen LogP contribution in [0.2, 0.25) is 0 Å². The third-order valence-electron chi connectivity index (χ3n) is 3.70. The van der Waals surface area contributed by atoms with E-state index in [0.29, 0.717) is 17.2 Å². The standard InChI is InChI=1S/C19H18N4O3/c1-12(18(24)23-19(20)25)22-14-7-9-15(10-8-14)26-16-6-2-4-13-5-3-11-21-17(13)16/h2-12,22H,1H3,(H3,20,23,24,25)/t12-/m1/s1. The summed E-state index contributed by atoms with van der Waals surface area (Å²) in [5.74, 6) is 0.806. The van der Waals surface area contributed by atoms with Gasteiger partial charge in [0.1, 0.15) is 17.3 Å². The number of anilines is 1. The number of ether oxygens (including phenoxy) is 1. The summed E-state index contributed by atoms with van der Waals surface area (Å²) in [7, 11) is 0. The monoisotopic (exact) mass is 350 g/mol. The van der Waals surface area contributed by atoms with Gasteiger partial charge in [-0.1, -0.05) is 18.2 Å². The molecule has 0 aliphatic heterocycles. The summed E-state index contributed by atoms with van der Waals surface area (Å²) >= 11 is 0. The van der Waals surface area contributed by atoms with Crippen molar-refractivity contribution in [2.75, 3.05) is 5.32 Å². The predicted octanol–water partition coefficient (Wildman–Crippen LogP) is 3.02. The fraction of sp³-hybridized carbons (Fsp3) is 0.105. The summed E-state index contributed by atoms with van der Waals surface area (Å²) < 4.78 is 5.92. The number of carbonyl (C=O) groups excluding carboxylic acids is 2. The number of hydrogen-bond acceptors (Lipinski definition) is 5. The average molecular weight is 350 g/mol. The largest absolute Gasteiger partial charge is 0.455 e. The molecule has 2 aromatic carbocycles. The van der Waals surface area contributed by atoms with E-state index in [9.17, 15) is 9.59 Å². The fourth-order valence-corrected chi connectivity index (χ4v) is 2.45. The molecular weight excluding hydrogens is 332 g/mol. The Bertz CT molecular complexity index is 936. The average Bonchev–Trinajstić information content (AvgIpc) is 2.63.